The van der Waals surface area contributed by atoms with E-state index in [0.717, 1.165) is 0 Å². The maximum absolute atomic E-state index is 11.6. The van der Waals surface area contributed by atoms with Crippen molar-refractivity contribution in [1.82, 2.24) is 0 Å². The van der Waals surface area contributed by atoms with E-state index in [2.05, 4.69) is 0 Å². The summed E-state index contributed by atoms with van der Waals surface area (Å²) in [5.41, 5.74) is 5.96. The summed E-state index contributed by atoms with van der Waals surface area (Å²) in [6.45, 7) is 3.95. The van der Waals surface area contributed by atoms with Crippen LogP contribution in [0, 0.1) is 5.92 Å². The molecular weight excluding hydrogens is 244 g/mol. The van der Waals surface area contributed by atoms with Gasteiger partial charge in [-0.25, -0.2) is 0 Å². The Morgan fingerprint density at radius 2 is 2.05 bits per heavy atom. The van der Waals surface area contributed by atoms with Gasteiger partial charge < -0.3 is 10.5 Å². The highest BCUT2D eigenvalue weighted by molar-refractivity contribution is 5.92. The highest BCUT2D eigenvalue weighted by Crippen LogP contribution is 2.29. The number of nitrogens with zero attached hydrogens (tertiary/aromatic N) is 1. The van der Waals surface area contributed by atoms with Crippen molar-refractivity contribution >= 4 is 18.0 Å². The molecule has 0 aliphatic carbocycles. The van der Waals surface area contributed by atoms with E-state index in [1.807, 2.05) is 13.8 Å². The fourth-order valence-electron chi connectivity index (χ4n) is 1.95. The lowest BCUT2D eigenvalue weighted by atomic mass is 10.0. The molecule has 0 saturated carbocycles. The number of carbonyl (C=O) groups excluding carboxylic acids is 2. The van der Waals surface area contributed by atoms with E-state index >= 15 is 0 Å². The molecule has 1 unspecified atom stereocenters. The Hall–Kier alpha value is -2.04. The number of anilines is 1. The number of para-hydroxylation sites is 2. The van der Waals surface area contributed by atoms with Crippen molar-refractivity contribution in [3.8, 4) is 5.75 Å². The van der Waals surface area contributed by atoms with Gasteiger partial charge in [0, 0.05) is 0 Å². The number of hydrogen-bond acceptors (Lipinski definition) is 3. The van der Waals surface area contributed by atoms with Gasteiger partial charge in [0.25, 0.3) is 0 Å². The molecule has 0 aromatic heterocycles. The van der Waals surface area contributed by atoms with Crippen LogP contribution in [0.4, 0.5) is 5.69 Å². The van der Waals surface area contributed by atoms with Gasteiger partial charge in [-0.3, -0.25) is 14.5 Å². The number of hydrogen-bond donors (Lipinski definition) is 1. The quantitative estimate of drug-likeness (QED) is 0.759. The van der Waals surface area contributed by atoms with Gasteiger partial charge in [-0.1, -0.05) is 26.0 Å². The first-order valence-corrected chi connectivity index (χ1v) is 6.17. The molecule has 0 aliphatic heterocycles. The van der Waals surface area contributed by atoms with E-state index in [1.165, 1.54) is 12.0 Å². The molecule has 1 aromatic carbocycles. The number of rotatable bonds is 7. The zero-order valence-electron chi connectivity index (χ0n) is 11.5. The van der Waals surface area contributed by atoms with E-state index in [-0.39, 0.29) is 5.92 Å². The fraction of sp³-hybridized carbons (Fsp3) is 0.429. The lowest BCUT2D eigenvalue weighted by Gasteiger charge is -2.28. The number of benzene rings is 1. The number of carbonyl (C=O) groups is 2. The average molecular weight is 264 g/mol. The summed E-state index contributed by atoms with van der Waals surface area (Å²) in [6.07, 6.45) is 1.13. The summed E-state index contributed by atoms with van der Waals surface area (Å²) in [6, 6.07) is 6.37. The lowest BCUT2D eigenvalue weighted by molar-refractivity contribution is -0.121. The van der Waals surface area contributed by atoms with Crippen LogP contribution >= 0.6 is 0 Å². The summed E-state index contributed by atoms with van der Waals surface area (Å²) >= 11 is 0. The maximum atomic E-state index is 11.6. The van der Waals surface area contributed by atoms with Crippen LogP contribution in [0.3, 0.4) is 0 Å². The first-order valence-electron chi connectivity index (χ1n) is 6.17. The summed E-state index contributed by atoms with van der Waals surface area (Å²) < 4.78 is 5.21. The molecule has 5 heteroatoms. The Kier molecular flexibility index (Phi) is 5.36. The molecule has 5 nitrogen and oxygen atoms in total. The van der Waals surface area contributed by atoms with Crippen LogP contribution in [0.15, 0.2) is 24.3 Å². The average Bonchev–Trinajstić information content (AvgIpc) is 2.38. The van der Waals surface area contributed by atoms with Gasteiger partial charge in [0.15, 0.2) is 0 Å². The molecule has 19 heavy (non-hydrogen) atoms. The zero-order valence-corrected chi connectivity index (χ0v) is 11.5. The van der Waals surface area contributed by atoms with Crippen molar-refractivity contribution in [3.05, 3.63) is 24.3 Å². The number of methoxy groups -OCH3 is 1. The van der Waals surface area contributed by atoms with Gasteiger partial charge >= 0.3 is 0 Å². The summed E-state index contributed by atoms with van der Waals surface area (Å²) in [5.74, 6) is 0.256. The van der Waals surface area contributed by atoms with Crippen molar-refractivity contribution in [1.29, 1.82) is 0 Å². The van der Waals surface area contributed by atoms with Gasteiger partial charge in [-0.2, -0.15) is 0 Å². The summed E-state index contributed by atoms with van der Waals surface area (Å²) in [4.78, 5) is 24.3. The molecule has 1 atom stereocenters. The van der Waals surface area contributed by atoms with Crippen molar-refractivity contribution in [2.24, 2.45) is 11.7 Å². The van der Waals surface area contributed by atoms with E-state index in [1.54, 1.807) is 24.3 Å². The molecule has 104 valence electrons. The molecule has 1 aromatic rings. The molecular formula is C14H20N2O3. The van der Waals surface area contributed by atoms with Crippen LogP contribution in [0.25, 0.3) is 0 Å². The number of ether oxygens (including phenoxy) is 1. The minimum Gasteiger partial charge on any atom is -0.495 e. The predicted molar refractivity (Wildman–Crippen MR) is 74.0 cm³/mol. The van der Waals surface area contributed by atoms with Crippen molar-refractivity contribution in [2.75, 3.05) is 12.0 Å². The lowest BCUT2D eigenvalue weighted by Crippen LogP contribution is -2.45. The Bertz CT molecular complexity index is 446. The third kappa shape index (κ3) is 3.71. The van der Waals surface area contributed by atoms with Gasteiger partial charge in [0.2, 0.25) is 12.3 Å². The van der Waals surface area contributed by atoms with Crippen LogP contribution < -0.4 is 15.4 Å². The van der Waals surface area contributed by atoms with Crippen LogP contribution in [0.5, 0.6) is 5.75 Å². The Morgan fingerprint density at radius 3 is 2.53 bits per heavy atom. The normalized spacial score (nSPS) is 12.0. The molecule has 0 heterocycles. The zero-order chi connectivity index (χ0) is 14.4. The highest BCUT2D eigenvalue weighted by Gasteiger charge is 2.26. The second-order valence-corrected chi connectivity index (χ2v) is 4.73. The third-order valence-corrected chi connectivity index (χ3v) is 2.84. The molecule has 0 bridgehead atoms. The van der Waals surface area contributed by atoms with Crippen LogP contribution in [-0.4, -0.2) is 25.5 Å². The number of nitrogens with two attached hydrogens (primary N) is 1. The second-order valence-electron chi connectivity index (χ2n) is 4.73. The van der Waals surface area contributed by atoms with Gasteiger partial charge in [-0.15, -0.1) is 0 Å². The standard InChI is InChI=1S/C14H20N2O3/c1-10(2)8-12(14(15)18)16(9-17)11-6-4-5-7-13(11)19-3/h4-7,9-10,12H,8H2,1-3H3,(H2,15,18). The topological polar surface area (TPSA) is 72.6 Å². The van der Waals surface area contributed by atoms with Crippen molar-refractivity contribution in [3.63, 3.8) is 0 Å². The molecule has 0 radical (unpaired) electrons. The Morgan fingerprint density at radius 1 is 1.42 bits per heavy atom. The molecule has 0 saturated heterocycles. The first kappa shape index (κ1) is 15.0. The molecule has 1 rings (SSSR count). The number of primary amides is 1. The molecule has 2 amide bonds. The molecule has 0 fully saturated rings. The van der Waals surface area contributed by atoms with Gasteiger partial charge in [0.05, 0.1) is 12.8 Å². The summed E-state index contributed by atoms with van der Waals surface area (Å²) in [7, 11) is 1.52. The number of amides is 2. The smallest absolute Gasteiger partial charge is 0.240 e. The van der Waals surface area contributed by atoms with E-state index < -0.39 is 11.9 Å². The van der Waals surface area contributed by atoms with Crippen LogP contribution in [0.1, 0.15) is 20.3 Å². The molecule has 2 N–H and O–H groups in total. The van der Waals surface area contributed by atoms with E-state index in [0.29, 0.717) is 24.3 Å². The molecule has 0 aliphatic rings. The monoisotopic (exact) mass is 264 g/mol. The van der Waals surface area contributed by atoms with Crippen molar-refractivity contribution < 1.29 is 14.3 Å². The van der Waals surface area contributed by atoms with Gasteiger partial charge in [0.1, 0.15) is 11.8 Å². The van der Waals surface area contributed by atoms with E-state index in [4.69, 9.17) is 10.5 Å². The predicted octanol–water partition coefficient (Wildman–Crippen LogP) is 1.56. The van der Waals surface area contributed by atoms with Crippen LogP contribution in [-0.2, 0) is 9.59 Å². The Balaban J connectivity index is 3.15. The third-order valence-electron chi connectivity index (χ3n) is 2.84. The second kappa shape index (κ2) is 6.78. The first-order chi connectivity index (χ1) is 9.01. The summed E-state index contributed by atoms with van der Waals surface area (Å²) in [5, 5.41) is 0. The molecule has 0 spiro atoms. The van der Waals surface area contributed by atoms with Crippen molar-refractivity contribution in [2.45, 2.75) is 26.3 Å². The minimum atomic E-state index is -0.672. The SMILES string of the molecule is COc1ccccc1N(C=O)C(CC(C)C)C(N)=O. The van der Waals surface area contributed by atoms with Crippen LogP contribution in [0.2, 0.25) is 0 Å². The highest BCUT2D eigenvalue weighted by atomic mass is 16.5. The maximum Gasteiger partial charge on any atom is 0.240 e. The fourth-order valence-corrected chi connectivity index (χ4v) is 1.95. The largest absolute Gasteiger partial charge is 0.495 e. The Labute approximate surface area is 113 Å². The van der Waals surface area contributed by atoms with E-state index in [9.17, 15) is 9.59 Å². The van der Waals surface area contributed by atoms with Gasteiger partial charge in [-0.05, 0) is 24.5 Å². The minimum absolute atomic E-state index is 0.245.